The minimum atomic E-state index is -1.08. The van der Waals surface area contributed by atoms with E-state index in [4.69, 9.17) is 5.11 Å². The predicted octanol–water partition coefficient (Wildman–Crippen LogP) is 2.38. The van der Waals surface area contributed by atoms with Crippen LogP contribution in [-0.2, 0) is 17.8 Å². The molecule has 0 fully saturated rings. The van der Waals surface area contributed by atoms with E-state index in [9.17, 15) is 14.7 Å². The highest BCUT2D eigenvalue weighted by Gasteiger charge is 2.23. The van der Waals surface area contributed by atoms with E-state index in [1.807, 2.05) is 19.1 Å². The van der Waals surface area contributed by atoms with Gasteiger partial charge in [-0.3, -0.25) is 4.79 Å². The zero-order chi connectivity index (χ0) is 14.0. The van der Waals surface area contributed by atoms with Gasteiger partial charge < -0.3 is 14.8 Å². The lowest BCUT2D eigenvalue weighted by Crippen LogP contribution is -2.12. The number of carboxylic acid groups (broad SMARTS) is 2. The van der Waals surface area contributed by atoms with Gasteiger partial charge in [-0.25, -0.2) is 4.79 Å². The van der Waals surface area contributed by atoms with Gasteiger partial charge >= 0.3 is 11.9 Å². The van der Waals surface area contributed by atoms with Crippen molar-refractivity contribution >= 4 is 22.8 Å². The summed E-state index contributed by atoms with van der Waals surface area (Å²) in [6.07, 6.45) is 0.504. The maximum absolute atomic E-state index is 11.5. The molecule has 0 unspecified atom stereocenters. The average Bonchev–Trinajstić information content (AvgIpc) is 2.64. The number of fused-ring (bicyclic) bond motifs is 1. The van der Waals surface area contributed by atoms with Crippen LogP contribution in [0.3, 0.4) is 0 Å². The number of aromatic nitrogens is 1. The molecule has 1 aromatic carbocycles. The maximum Gasteiger partial charge on any atom is 0.352 e. The molecule has 1 heterocycles. The van der Waals surface area contributed by atoms with Crippen LogP contribution in [0.1, 0.15) is 29.4 Å². The monoisotopic (exact) mass is 261 g/mol. The van der Waals surface area contributed by atoms with E-state index in [0.717, 1.165) is 11.9 Å². The predicted molar refractivity (Wildman–Crippen MR) is 70.5 cm³/mol. The first-order chi connectivity index (χ1) is 9.06. The second kappa shape index (κ2) is 5.14. The highest BCUT2D eigenvalue weighted by atomic mass is 16.4. The van der Waals surface area contributed by atoms with Crippen molar-refractivity contribution in [3.8, 4) is 0 Å². The van der Waals surface area contributed by atoms with Gasteiger partial charge in [0, 0.05) is 23.0 Å². The summed E-state index contributed by atoms with van der Waals surface area (Å²) in [5, 5.41) is 19.0. The van der Waals surface area contributed by atoms with Crippen LogP contribution in [0.25, 0.3) is 10.9 Å². The fourth-order valence-corrected chi connectivity index (χ4v) is 2.41. The highest BCUT2D eigenvalue weighted by Crippen LogP contribution is 2.27. The number of para-hydroxylation sites is 1. The van der Waals surface area contributed by atoms with Crippen LogP contribution in [0.5, 0.6) is 0 Å². The summed E-state index contributed by atoms with van der Waals surface area (Å²) < 4.78 is 1.69. The lowest BCUT2D eigenvalue weighted by Gasteiger charge is -2.06. The maximum atomic E-state index is 11.5. The molecule has 0 bridgehead atoms. The molecular formula is C14H15NO4. The molecule has 0 atom stereocenters. The number of aromatic carboxylic acids is 1. The van der Waals surface area contributed by atoms with E-state index in [2.05, 4.69) is 0 Å². The highest BCUT2D eigenvalue weighted by molar-refractivity contribution is 6.00. The van der Waals surface area contributed by atoms with Gasteiger partial charge in [-0.15, -0.1) is 0 Å². The van der Waals surface area contributed by atoms with Gasteiger partial charge in [-0.2, -0.15) is 0 Å². The van der Waals surface area contributed by atoms with Crippen LogP contribution < -0.4 is 0 Å². The topological polar surface area (TPSA) is 79.5 Å². The summed E-state index contributed by atoms with van der Waals surface area (Å²) in [4.78, 5) is 22.4. The van der Waals surface area contributed by atoms with Crippen molar-refractivity contribution in [2.75, 3.05) is 0 Å². The molecule has 2 aromatic rings. The molecule has 0 saturated heterocycles. The van der Waals surface area contributed by atoms with Crippen molar-refractivity contribution in [3.05, 3.63) is 35.5 Å². The van der Waals surface area contributed by atoms with Crippen LogP contribution in [0, 0.1) is 0 Å². The molecule has 100 valence electrons. The summed E-state index contributed by atoms with van der Waals surface area (Å²) in [5.74, 6) is -2.11. The number of aryl methyl sites for hydroxylation is 1. The van der Waals surface area contributed by atoms with E-state index >= 15 is 0 Å². The molecule has 5 heteroatoms. The summed E-state index contributed by atoms with van der Waals surface area (Å²) in [5.41, 5.74) is 1.24. The van der Waals surface area contributed by atoms with Crippen LogP contribution in [0.15, 0.2) is 24.3 Å². The molecule has 0 aliphatic rings. The van der Waals surface area contributed by atoms with E-state index in [1.54, 1.807) is 16.7 Å². The number of hydrogen-bond donors (Lipinski definition) is 2. The van der Waals surface area contributed by atoms with E-state index < -0.39 is 11.9 Å². The van der Waals surface area contributed by atoms with Crippen LogP contribution >= 0.6 is 0 Å². The smallest absolute Gasteiger partial charge is 0.352 e. The summed E-state index contributed by atoms with van der Waals surface area (Å²) in [6.45, 7) is 2.51. The Kier molecular flexibility index (Phi) is 3.55. The molecule has 0 saturated carbocycles. The second-order valence-electron chi connectivity index (χ2n) is 4.37. The third-order valence-corrected chi connectivity index (χ3v) is 3.05. The van der Waals surface area contributed by atoms with Crippen molar-refractivity contribution in [2.24, 2.45) is 0 Å². The SMILES string of the molecule is CCCn1c(C(=O)O)c(CC(=O)O)c2ccccc21. The minimum absolute atomic E-state index is 0.0884. The molecule has 5 nitrogen and oxygen atoms in total. The molecule has 1 aromatic heterocycles. The summed E-state index contributed by atoms with van der Waals surface area (Å²) in [7, 11) is 0. The lowest BCUT2D eigenvalue weighted by atomic mass is 10.1. The molecule has 0 spiro atoms. The number of benzene rings is 1. The molecule has 2 N–H and O–H groups in total. The second-order valence-corrected chi connectivity index (χ2v) is 4.37. The van der Waals surface area contributed by atoms with Gasteiger partial charge in [-0.1, -0.05) is 25.1 Å². The van der Waals surface area contributed by atoms with Gasteiger partial charge in [0.1, 0.15) is 5.69 Å². The quantitative estimate of drug-likeness (QED) is 0.866. The molecule has 0 aliphatic carbocycles. The molecule has 0 aliphatic heterocycles. The first-order valence-corrected chi connectivity index (χ1v) is 6.11. The molecule has 2 rings (SSSR count). The summed E-state index contributed by atoms with van der Waals surface area (Å²) in [6, 6.07) is 7.20. The van der Waals surface area contributed by atoms with Crippen molar-refractivity contribution in [3.63, 3.8) is 0 Å². The number of carbonyl (C=O) groups is 2. The number of rotatable bonds is 5. The number of carboxylic acids is 2. The zero-order valence-electron chi connectivity index (χ0n) is 10.6. The standard InChI is InChI=1S/C14H15NO4/c1-2-7-15-11-6-4-3-5-9(11)10(8-12(16)17)13(15)14(18)19/h3-6H,2,7-8H2,1H3,(H,16,17)(H,18,19). The number of hydrogen-bond acceptors (Lipinski definition) is 2. The first-order valence-electron chi connectivity index (χ1n) is 6.11. The van der Waals surface area contributed by atoms with Crippen LogP contribution in [0.4, 0.5) is 0 Å². The van der Waals surface area contributed by atoms with E-state index in [-0.39, 0.29) is 12.1 Å². The Morgan fingerprint density at radius 2 is 1.89 bits per heavy atom. The van der Waals surface area contributed by atoms with Gasteiger partial charge in [0.2, 0.25) is 0 Å². The van der Waals surface area contributed by atoms with Crippen LogP contribution in [-0.4, -0.2) is 26.7 Å². The average molecular weight is 261 g/mol. The van der Waals surface area contributed by atoms with Gasteiger partial charge in [0.05, 0.1) is 6.42 Å². The van der Waals surface area contributed by atoms with Gasteiger partial charge in [0.15, 0.2) is 0 Å². The summed E-state index contributed by atoms with van der Waals surface area (Å²) >= 11 is 0. The van der Waals surface area contributed by atoms with Crippen molar-refractivity contribution in [2.45, 2.75) is 26.3 Å². The fraction of sp³-hybridized carbons (Fsp3) is 0.286. The molecule has 0 radical (unpaired) electrons. The number of aliphatic carboxylic acids is 1. The Morgan fingerprint density at radius 1 is 1.21 bits per heavy atom. The molecule has 0 amide bonds. The van der Waals surface area contributed by atoms with Gasteiger partial charge in [-0.05, 0) is 12.5 Å². The Labute approximate surface area is 110 Å². The van der Waals surface area contributed by atoms with Crippen molar-refractivity contribution in [1.82, 2.24) is 4.57 Å². The normalized spacial score (nSPS) is 10.8. The zero-order valence-corrected chi connectivity index (χ0v) is 10.6. The van der Waals surface area contributed by atoms with E-state index in [0.29, 0.717) is 17.5 Å². The fourth-order valence-electron chi connectivity index (χ4n) is 2.41. The van der Waals surface area contributed by atoms with Gasteiger partial charge in [0.25, 0.3) is 0 Å². The van der Waals surface area contributed by atoms with Crippen LogP contribution in [0.2, 0.25) is 0 Å². The first kappa shape index (κ1) is 13.1. The van der Waals surface area contributed by atoms with Crippen molar-refractivity contribution < 1.29 is 19.8 Å². The number of nitrogens with zero attached hydrogens (tertiary/aromatic N) is 1. The molecule has 19 heavy (non-hydrogen) atoms. The third-order valence-electron chi connectivity index (χ3n) is 3.05. The Balaban J connectivity index is 2.78. The largest absolute Gasteiger partial charge is 0.481 e. The van der Waals surface area contributed by atoms with E-state index in [1.165, 1.54) is 0 Å². The van der Waals surface area contributed by atoms with Crippen molar-refractivity contribution in [1.29, 1.82) is 0 Å². The third kappa shape index (κ3) is 2.31. The molecular weight excluding hydrogens is 246 g/mol. The lowest BCUT2D eigenvalue weighted by molar-refractivity contribution is -0.136. The Bertz CT molecular complexity index is 642. The minimum Gasteiger partial charge on any atom is -0.481 e. The Hall–Kier alpha value is -2.30. The Morgan fingerprint density at radius 3 is 2.47 bits per heavy atom.